The summed E-state index contributed by atoms with van der Waals surface area (Å²) >= 11 is 0. The van der Waals surface area contributed by atoms with E-state index in [1.54, 1.807) is 0 Å². The van der Waals surface area contributed by atoms with E-state index in [0.29, 0.717) is 6.04 Å². The molecule has 0 radical (unpaired) electrons. The van der Waals surface area contributed by atoms with E-state index in [4.69, 9.17) is 4.74 Å². The molecule has 0 saturated carbocycles. The van der Waals surface area contributed by atoms with Crippen LogP contribution in [-0.2, 0) is 4.74 Å². The molecule has 250 valence electrons. The highest BCUT2D eigenvalue weighted by Gasteiger charge is 2.30. The van der Waals surface area contributed by atoms with Crippen molar-refractivity contribution in [2.45, 2.75) is 160 Å². The average Bonchev–Trinajstić information content (AvgIpc) is 3.66. The van der Waals surface area contributed by atoms with Crippen molar-refractivity contribution in [1.82, 2.24) is 10.6 Å². The van der Waals surface area contributed by atoms with E-state index in [-0.39, 0.29) is 0 Å². The molecule has 0 amide bonds. The molecule has 2 saturated heterocycles. The van der Waals surface area contributed by atoms with Gasteiger partial charge in [-0.1, -0.05) is 103 Å². The zero-order valence-corrected chi connectivity index (χ0v) is 29.4. The second-order valence-corrected chi connectivity index (χ2v) is 15.3. The molecule has 0 aromatic heterocycles. The summed E-state index contributed by atoms with van der Waals surface area (Å²) < 4.78 is 8.48. The van der Waals surface area contributed by atoms with E-state index >= 15 is 0 Å². The number of rotatable bonds is 29. The highest BCUT2D eigenvalue weighted by molar-refractivity contribution is 4.75. The van der Waals surface area contributed by atoms with E-state index < -0.39 is 0 Å². The van der Waals surface area contributed by atoms with Gasteiger partial charge in [-0.25, -0.2) is 0 Å². The molecular weight excluding hydrogens is 516 g/mol. The van der Waals surface area contributed by atoms with Gasteiger partial charge in [0.1, 0.15) is 0 Å². The van der Waals surface area contributed by atoms with Crippen LogP contribution in [-0.4, -0.2) is 101 Å². The lowest BCUT2D eigenvalue weighted by Crippen LogP contribution is -2.54. The van der Waals surface area contributed by atoms with Crippen LogP contribution in [0.5, 0.6) is 0 Å². The van der Waals surface area contributed by atoms with Crippen molar-refractivity contribution < 1.29 is 13.7 Å². The van der Waals surface area contributed by atoms with Gasteiger partial charge < -0.3 is 24.3 Å². The Hall–Kier alpha value is -0.200. The molecule has 2 aliphatic rings. The van der Waals surface area contributed by atoms with Gasteiger partial charge >= 0.3 is 0 Å². The lowest BCUT2D eigenvalue weighted by Gasteiger charge is -2.38. The number of nitrogens with zero attached hydrogens (tertiary/aromatic N) is 2. The van der Waals surface area contributed by atoms with Gasteiger partial charge in [0, 0.05) is 19.4 Å². The summed E-state index contributed by atoms with van der Waals surface area (Å²) in [6.07, 6.45) is 30.8. The number of ether oxygens (including phenoxy) is 1. The summed E-state index contributed by atoms with van der Waals surface area (Å²) in [6.45, 7) is 13.1. The maximum Gasteiger partial charge on any atom is 0.0940 e. The van der Waals surface area contributed by atoms with Crippen LogP contribution in [0.25, 0.3) is 0 Å². The standard InChI is InChI=1S/C37H78N4O/c1-5-6-7-8-9-10-11-12-13-14-15-16-17-18-19-20-32-42-33-24-31-41(4,35-37-26-22-28-39-37)30-23-29-40(2,3)34-36-25-21-27-38-36/h36-39H,5-35H2,1-4H3/q+2. The summed E-state index contributed by atoms with van der Waals surface area (Å²) in [7, 11) is 7.40. The minimum atomic E-state index is 0.714. The first kappa shape index (κ1) is 38.0. The molecule has 0 spiro atoms. The van der Waals surface area contributed by atoms with Gasteiger partial charge in [-0.05, 0) is 45.2 Å². The second kappa shape index (κ2) is 24.1. The average molecular weight is 595 g/mol. The Labute approximate surface area is 264 Å². The van der Waals surface area contributed by atoms with Crippen LogP contribution in [0.4, 0.5) is 0 Å². The Morgan fingerprint density at radius 1 is 0.524 bits per heavy atom. The zero-order valence-electron chi connectivity index (χ0n) is 29.4. The van der Waals surface area contributed by atoms with Crippen LogP contribution >= 0.6 is 0 Å². The summed E-state index contributed by atoms with van der Waals surface area (Å²) in [5.41, 5.74) is 0. The fraction of sp³-hybridized carbons (Fsp3) is 1.00. The van der Waals surface area contributed by atoms with Crippen molar-refractivity contribution in [3.63, 3.8) is 0 Å². The number of nitrogens with one attached hydrogen (secondary N) is 2. The van der Waals surface area contributed by atoms with Crippen LogP contribution in [0.3, 0.4) is 0 Å². The molecule has 3 atom stereocenters. The molecule has 2 aliphatic heterocycles. The molecule has 2 heterocycles. The largest absolute Gasteiger partial charge is 0.381 e. The number of quaternary nitrogens is 2. The Morgan fingerprint density at radius 3 is 1.48 bits per heavy atom. The molecule has 0 bridgehead atoms. The lowest BCUT2D eigenvalue weighted by atomic mass is 10.0. The minimum absolute atomic E-state index is 0.714. The Morgan fingerprint density at radius 2 is 0.976 bits per heavy atom. The molecule has 42 heavy (non-hydrogen) atoms. The number of hydrogen-bond donors (Lipinski definition) is 2. The molecule has 5 nitrogen and oxygen atoms in total. The summed E-state index contributed by atoms with van der Waals surface area (Å²) in [4.78, 5) is 0. The normalized spacial score (nSPS) is 20.9. The first-order chi connectivity index (χ1) is 20.4. The predicted molar refractivity (Wildman–Crippen MR) is 184 cm³/mol. The van der Waals surface area contributed by atoms with Crippen LogP contribution < -0.4 is 10.6 Å². The Bertz CT molecular complexity index is 603. The van der Waals surface area contributed by atoms with Crippen LogP contribution in [0.15, 0.2) is 0 Å². The van der Waals surface area contributed by atoms with Gasteiger partial charge in [0.05, 0.1) is 72.6 Å². The van der Waals surface area contributed by atoms with Crippen LogP contribution in [0, 0.1) is 0 Å². The smallest absolute Gasteiger partial charge is 0.0940 e. The maximum absolute atomic E-state index is 6.12. The third kappa shape index (κ3) is 20.0. The van der Waals surface area contributed by atoms with Gasteiger partial charge in [0.15, 0.2) is 0 Å². The molecule has 0 aromatic rings. The van der Waals surface area contributed by atoms with Crippen molar-refractivity contribution in [3.8, 4) is 0 Å². The van der Waals surface area contributed by atoms with E-state index in [2.05, 4.69) is 38.7 Å². The second-order valence-electron chi connectivity index (χ2n) is 15.3. The van der Waals surface area contributed by atoms with Gasteiger partial charge in [-0.3, -0.25) is 0 Å². The molecular formula is C37H78N4O+2. The summed E-state index contributed by atoms with van der Waals surface area (Å²) in [5, 5.41) is 7.48. The quantitative estimate of drug-likeness (QED) is 0.0679. The van der Waals surface area contributed by atoms with Crippen molar-refractivity contribution >= 4 is 0 Å². The SMILES string of the molecule is CCCCCCCCCCCCCCCCCCOCCC[N+](C)(CCC[N+](C)(C)CC1CCCN1)CC1CCCN1. The third-order valence-electron chi connectivity index (χ3n) is 10.3. The van der Waals surface area contributed by atoms with Crippen LogP contribution in [0.2, 0.25) is 0 Å². The lowest BCUT2D eigenvalue weighted by molar-refractivity contribution is -0.922. The molecule has 0 aliphatic carbocycles. The summed E-state index contributed by atoms with van der Waals surface area (Å²) in [5.74, 6) is 0. The number of unbranched alkanes of at least 4 members (excludes halogenated alkanes) is 15. The maximum atomic E-state index is 6.12. The van der Waals surface area contributed by atoms with Crippen molar-refractivity contribution in [1.29, 1.82) is 0 Å². The van der Waals surface area contributed by atoms with Crippen molar-refractivity contribution in [2.75, 3.05) is 80.2 Å². The van der Waals surface area contributed by atoms with Gasteiger partial charge in [-0.2, -0.15) is 0 Å². The fourth-order valence-corrected chi connectivity index (χ4v) is 7.62. The van der Waals surface area contributed by atoms with Gasteiger partial charge in [-0.15, -0.1) is 0 Å². The molecule has 2 N–H and O–H groups in total. The van der Waals surface area contributed by atoms with Gasteiger partial charge in [0.2, 0.25) is 0 Å². The van der Waals surface area contributed by atoms with Crippen molar-refractivity contribution in [3.05, 3.63) is 0 Å². The topological polar surface area (TPSA) is 33.3 Å². The highest BCUT2D eigenvalue weighted by Crippen LogP contribution is 2.17. The molecule has 5 heteroatoms. The Balaban J connectivity index is 1.44. The fourth-order valence-electron chi connectivity index (χ4n) is 7.62. The van der Waals surface area contributed by atoms with Crippen LogP contribution in [0.1, 0.15) is 148 Å². The monoisotopic (exact) mass is 595 g/mol. The van der Waals surface area contributed by atoms with Gasteiger partial charge in [0.25, 0.3) is 0 Å². The van der Waals surface area contributed by atoms with E-state index in [0.717, 1.165) is 23.7 Å². The Kier molecular flexibility index (Phi) is 21.8. The molecule has 0 aromatic carbocycles. The van der Waals surface area contributed by atoms with E-state index in [1.165, 1.54) is 192 Å². The molecule has 2 fully saturated rings. The first-order valence-electron chi connectivity index (χ1n) is 19.1. The third-order valence-corrected chi connectivity index (χ3v) is 10.3. The van der Waals surface area contributed by atoms with E-state index in [9.17, 15) is 0 Å². The molecule has 2 rings (SSSR count). The predicted octanol–water partition coefficient (Wildman–Crippen LogP) is 8.07. The molecule has 3 unspecified atom stereocenters. The number of hydrogen-bond acceptors (Lipinski definition) is 3. The van der Waals surface area contributed by atoms with E-state index in [1.807, 2.05) is 0 Å². The van der Waals surface area contributed by atoms with Crippen molar-refractivity contribution in [2.24, 2.45) is 0 Å². The zero-order chi connectivity index (χ0) is 30.2. The minimum Gasteiger partial charge on any atom is -0.381 e. The first-order valence-corrected chi connectivity index (χ1v) is 19.1. The number of likely N-dealkylation sites (N-methyl/N-ethyl adjacent to an activating group) is 2. The highest BCUT2D eigenvalue weighted by atomic mass is 16.5. The summed E-state index contributed by atoms with van der Waals surface area (Å²) in [6, 6.07) is 1.45.